The maximum atomic E-state index is 11.7. The van der Waals surface area contributed by atoms with E-state index in [9.17, 15) is 4.79 Å². The van der Waals surface area contributed by atoms with Crippen molar-refractivity contribution in [2.24, 2.45) is 5.92 Å². The molecule has 3 rings (SSSR count). The molecule has 1 amide bonds. The van der Waals surface area contributed by atoms with Crippen LogP contribution in [-0.2, 0) is 10.5 Å². The van der Waals surface area contributed by atoms with Crippen LogP contribution in [0, 0.1) is 5.92 Å². The Balaban J connectivity index is 1.52. The molecule has 0 saturated heterocycles. The van der Waals surface area contributed by atoms with Crippen LogP contribution in [0.2, 0.25) is 0 Å². The third kappa shape index (κ3) is 4.04. The van der Waals surface area contributed by atoms with Gasteiger partial charge in [-0.05, 0) is 54.8 Å². The Kier molecular flexibility index (Phi) is 4.68. The molecule has 2 aromatic rings. The van der Waals surface area contributed by atoms with Gasteiger partial charge in [0.2, 0.25) is 5.91 Å². The molecule has 114 valence electrons. The summed E-state index contributed by atoms with van der Waals surface area (Å²) in [5.74, 6) is 2.19. The van der Waals surface area contributed by atoms with E-state index in [2.05, 4.69) is 29.6 Å². The zero-order valence-corrected chi connectivity index (χ0v) is 13.4. The van der Waals surface area contributed by atoms with Gasteiger partial charge in [0.15, 0.2) is 0 Å². The van der Waals surface area contributed by atoms with Gasteiger partial charge in [-0.15, -0.1) is 11.8 Å². The zero-order valence-electron chi connectivity index (χ0n) is 12.5. The Hall–Kier alpha value is -1.94. The molecule has 0 aliphatic heterocycles. The number of hydrogen-bond donors (Lipinski definition) is 1. The van der Waals surface area contributed by atoms with Crippen LogP contribution in [0.25, 0.3) is 0 Å². The van der Waals surface area contributed by atoms with Crippen LogP contribution in [0.15, 0.2) is 53.4 Å². The van der Waals surface area contributed by atoms with Gasteiger partial charge in [-0.25, -0.2) is 0 Å². The third-order valence-corrected chi connectivity index (χ3v) is 4.72. The van der Waals surface area contributed by atoms with Crippen LogP contribution >= 0.6 is 11.8 Å². The first-order chi connectivity index (χ1) is 10.7. The lowest BCUT2D eigenvalue weighted by Gasteiger charge is -2.06. The Morgan fingerprint density at radius 2 is 1.82 bits per heavy atom. The minimum Gasteiger partial charge on any atom is -0.497 e. The van der Waals surface area contributed by atoms with Crippen molar-refractivity contribution >= 4 is 23.4 Å². The van der Waals surface area contributed by atoms with Crippen molar-refractivity contribution in [1.82, 2.24) is 0 Å². The van der Waals surface area contributed by atoms with Gasteiger partial charge >= 0.3 is 0 Å². The second-order valence-electron chi connectivity index (χ2n) is 5.42. The van der Waals surface area contributed by atoms with E-state index in [1.165, 1.54) is 10.5 Å². The summed E-state index contributed by atoms with van der Waals surface area (Å²) in [7, 11) is 1.67. The largest absolute Gasteiger partial charge is 0.497 e. The van der Waals surface area contributed by atoms with Gasteiger partial charge in [-0.2, -0.15) is 0 Å². The number of thioether (sulfide) groups is 1. The zero-order chi connectivity index (χ0) is 15.4. The van der Waals surface area contributed by atoms with Crippen molar-refractivity contribution in [1.29, 1.82) is 0 Å². The summed E-state index contributed by atoms with van der Waals surface area (Å²) in [4.78, 5) is 12.9. The fourth-order valence-corrected chi connectivity index (χ4v) is 2.97. The molecule has 1 fully saturated rings. The Bertz CT molecular complexity index is 633. The molecule has 0 heterocycles. The number of nitrogens with one attached hydrogen (secondary N) is 1. The first-order valence-electron chi connectivity index (χ1n) is 7.41. The van der Waals surface area contributed by atoms with Crippen LogP contribution in [0.5, 0.6) is 5.75 Å². The van der Waals surface area contributed by atoms with Crippen LogP contribution in [-0.4, -0.2) is 13.0 Å². The van der Waals surface area contributed by atoms with Gasteiger partial charge in [0.1, 0.15) is 5.75 Å². The van der Waals surface area contributed by atoms with E-state index in [1.54, 1.807) is 18.9 Å². The molecule has 4 heteroatoms. The van der Waals surface area contributed by atoms with Gasteiger partial charge in [-0.3, -0.25) is 4.79 Å². The standard InChI is InChI=1S/C18H19NO2S/c1-21-16-8-2-13(3-9-16)12-22-17-10-6-15(7-11-17)19-18(20)14-4-5-14/h2-3,6-11,14H,4-5,12H2,1H3,(H,19,20). The third-order valence-electron chi connectivity index (χ3n) is 3.63. The molecule has 2 aromatic carbocycles. The van der Waals surface area contributed by atoms with Gasteiger partial charge in [0, 0.05) is 22.3 Å². The smallest absolute Gasteiger partial charge is 0.227 e. The lowest BCUT2D eigenvalue weighted by Crippen LogP contribution is -2.12. The van der Waals surface area contributed by atoms with E-state index in [0.29, 0.717) is 0 Å². The summed E-state index contributed by atoms with van der Waals surface area (Å²) in [6.07, 6.45) is 2.06. The number of carbonyl (C=O) groups is 1. The minimum atomic E-state index is 0.152. The molecule has 1 N–H and O–H groups in total. The quantitative estimate of drug-likeness (QED) is 0.806. The maximum absolute atomic E-state index is 11.7. The molecule has 0 radical (unpaired) electrons. The van der Waals surface area contributed by atoms with Crippen molar-refractivity contribution in [3.05, 3.63) is 54.1 Å². The molecule has 1 aliphatic rings. The average Bonchev–Trinajstić information content (AvgIpc) is 3.40. The monoisotopic (exact) mass is 313 g/mol. The highest BCUT2D eigenvalue weighted by Crippen LogP contribution is 2.30. The van der Waals surface area contributed by atoms with E-state index >= 15 is 0 Å². The lowest BCUT2D eigenvalue weighted by atomic mass is 10.2. The highest BCUT2D eigenvalue weighted by atomic mass is 32.2. The van der Waals surface area contributed by atoms with Crippen molar-refractivity contribution in [2.75, 3.05) is 12.4 Å². The number of ether oxygens (including phenoxy) is 1. The van der Waals surface area contributed by atoms with E-state index in [4.69, 9.17) is 4.74 Å². The molecule has 1 aliphatic carbocycles. The first kappa shape index (κ1) is 15.0. The fourth-order valence-electron chi connectivity index (χ4n) is 2.11. The van der Waals surface area contributed by atoms with E-state index in [-0.39, 0.29) is 11.8 Å². The maximum Gasteiger partial charge on any atom is 0.227 e. The fraction of sp³-hybridized carbons (Fsp3) is 0.278. The number of benzene rings is 2. The van der Waals surface area contributed by atoms with E-state index in [0.717, 1.165) is 30.0 Å². The number of carbonyl (C=O) groups excluding carboxylic acids is 1. The molecule has 0 unspecified atom stereocenters. The predicted octanol–water partition coefficient (Wildman–Crippen LogP) is 4.34. The summed E-state index contributed by atoms with van der Waals surface area (Å²) in [6.45, 7) is 0. The summed E-state index contributed by atoms with van der Waals surface area (Å²) in [6, 6.07) is 16.2. The Morgan fingerprint density at radius 1 is 1.14 bits per heavy atom. The van der Waals surface area contributed by atoms with Gasteiger partial charge in [0.05, 0.1) is 7.11 Å². The molecule has 0 aromatic heterocycles. The Morgan fingerprint density at radius 3 is 2.41 bits per heavy atom. The second kappa shape index (κ2) is 6.88. The minimum absolute atomic E-state index is 0.152. The lowest BCUT2D eigenvalue weighted by molar-refractivity contribution is -0.117. The highest BCUT2D eigenvalue weighted by molar-refractivity contribution is 7.98. The number of amides is 1. The van der Waals surface area contributed by atoms with Gasteiger partial charge < -0.3 is 10.1 Å². The molecular weight excluding hydrogens is 294 g/mol. The highest BCUT2D eigenvalue weighted by Gasteiger charge is 2.29. The predicted molar refractivity (Wildman–Crippen MR) is 90.4 cm³/mol. The van der Waals surface area contributed by atoms with E-state index < -0.39 is 0 Å². The van der Waals surface area contributed by atoms with Gasteiger partial charge in [0.25, 0.3) is 0 Å². The normalized spacial score (nSPS) is 13.7. The van der Waals surface area contributed by atoms with Crippen LogP contribution in [0.4, 0.5) is 5.69 Å². The van der Waals surface area contributed by atoms with Crippen LogP contribution in [0.1, 0.15) is 18.4 Å². The summed E-state index contributed by atoms with van der Waals surface area (Å²) < 4.78 is 5.16. The van der Waals surface area contributed by atoms with Gasteiger partial charge in [-0.1, -0.05) is 12.1 Å². The molecule has 0 atom stereocenters. The number of methoxy groups -OCH3 is 1. The average molecular weight is 313 g/mol. The molecule has 22 heavy (non-hydrogen) atoms. The first-order valence-corrected chi connectivity index (χ1v) is 8.40. The molecule has 0 bridgehead atoms. The van der Waals surface area contributed by atoms with Crippen molar-refractivity contribution in [2.45, 2.75) is 23.5 Å². The molecular formula is C18H19NO2S. The number of rotatable bonds is 6. The SMILES string of the molecule is COc1ccc(CSc2ccc(NC(=O)C3CC3)cc2)cc1. The molecule has 0 spiro atoms. The van der Waals surface area contributed by atoms with Crippen LogP contribution < -0.4 is 10.1 Å². The summed E-state index contributed by atoms with van der Waals surface area (Å²) in [5, 5.41) is 2.96. The molecule has 1 saturated carbocycles. The van der Waals surface area contributed by atoms with Crippen molar-refractivity contribution in [3.8, 4) is 5.75 Å². The van der Waals surface area contributed by atoms with Crippen molar-refractivity contribution < 1.29 is 9.53 Å². The second-order valence-corrected chi connectivity index (χ2v) is 6.47. The Labute approximate surface area is 135 Å². The van der Waals surface area contributed by atoms with Crippen LogP contribution in [0.3, 0.4) is 0 Å². The topological polar surface area (TPSA) is 38.3 Å². The van der Waals surface area contributed by atoms with Crippen molar-refractivity contribution in [3.63, 3.8) is 0 Å². The molecule has 3 nitrogen and oxygen atoms in total. The number of anilines is 1. The summed E-state index contributed by atoms with van der Waals surface area (Å²) >= 11 is 1.78. The summed E-state index contributed by atoms with van der Waals surface area (Å²) in [5.41, 5.74) is 2.14. The van der Waals surface area contributed by atoms with E-state index in [1.807, 2.05) is 24.3 Å². The number of hydrogen-bond acceptors (Lipinski definition) is 3.